The van der Waals surface area contributed by atoms with Gasteiger partial charge in [0.1, 0.15) is 11.8 Å². The molecule has 0 spiro atoms. The number of aromatic nitrogens is 2. The van der Waals surface area contributed by atoms with Gasteiger partial charge in [-0.05, 0) is 22.4 Å². The third-order valence-electron chi connectivity index (χ3n) is 5.76. The van der Waals surface area contributed by atoms with Crippen LogP contribution in [0.5, 0.6) is 0 Å². The quantitative estimate of drug-likeness (QED) is 0.487. The lowest BCUT2D eigenvalue weighted by molar-refractivity contribution is 0.0764. The number of anilines is 1. The molecule has 4 aromatic rings. The molecule has 30 heavy (non-hydrogen) atoms. The number of aliphatic hydroxyl groups is 1. The maximum absolute atomic E-state index is 12.3. The van der Waals surface area contributed by atoms with E-state index in [2.05, 4.69) is 15.5 Å². The Labute approximate surface area is 174 Å². The fourth-order valence-electron chi connectivity index (χ4n) is 4.21. The molecule has 0 saturated heterocycles. The van der Waals surface area contributed by atoms with E-state index in [0.717, 1.165) is 33.2 Å². The number of fused-ring (bicyclic) bond motifs is 2. The van der Waals surface area contributed by atoms with Gasteiger partial charge in [0, 0.05) is 30.4 Å². The Hall–Kier alpha value is -3.64. The summed E-state index contributed by atoms with van der Waals surface area (Å²) in [5, 5.41) is 23.8. The summed E-state index contributed by atoms with van der Waals surface area (Å²) in [7, 11) is 1.78. The summed E-state index contributed by atoms with van der Waals surface area (Å²) < 4.78 is 0. The average molecular weight is 398 g/mol. The SMILES string of the molecule is CN1CC(Nc2ccccc2C(O)c2cccc3ccccc23)c2cn[nH]c2C1=O. The first-order valence-electron chi connectivity index (χ1n) is 9.93. The van der Waals surface area contributed by atoms with E-state index in [1.54, 1.807) is 18.1 Å². The van der Waals surface area contributed by atoms with E-state index < -0.39 is 6.10 Å². The highest BCUT2D eigenvalue weighted by molar-refractivity contribution is 5.95. The van der Waals surface area contributed by atoms with E-state index in [1.807, 2.05) is 66.7 Å². The Kier molecular flexibility index (Phi) is 4.48. The number of benzene rings is 3. The van der Waals surface area contributed by atoms with Crippen molar-refractivity contribution in [3.8, 4) is 0 Å². The Morgan fingerprint density at radius 1 is 1.07 bits per heavy atom. The van der Waals surface area contributed by atoms with Crippen molar-refractivity contribution in [1.29, 1.82) is 0 Å². The minimum Gasteiger partial charge on any atom is -0.384 e. The van der Waals surface area contributed by atoms with Crippen LogP contribution in [0.25, 0.3) is 10.8 Å². The van der Waals surface area contributed by atoms with Crippen LogP contribution < -0.4 is 5.32 Å². The maximum atomic E-state index is 12.3. The number of carbonyl (C=O) groups excluding carboxylic acids is 1. The number of nitrogens with zero attached hydrogens (tertiary/aromatic N) is 2. The first-order valence-corrected chi connectivity index (χ1v) is 9.93. The van der Waals surface area contributed by atoms with Crippen molar-refractivity contribution in [3.05, 3.63) is 95.3 Å². The van der Waals surface area contributed by atoms with Crippen LogP contribution in [0.1, 0.15) is 39.3 Å². The summed E-state index contributed by atoms with van der Waals surface area (Å²) in [6.07, 6.45) is 0.910. The van der Waals surface area contributed by atoms with Crippen LogP contribution in [-0.4, -0.2) is 39.7 Å². The monoisotopic (exact) mass is 398 g/mol. The van der Waals surface area contributed by atoms with Crippen LogP contribution >= 0.6 is 0 Å². The van der Waals surface area contributed by atoms with Crippen LogP contribution in [0.2, 0.25) is 0 Å². The van der Waals surface area contributed by atoms with E-state index >= 15 is 0 Å². The molecule has 5 rings (SSSR count). The molecule has 2 atom stereocenters. The largest absolute Gasteiger partial charge is 0.384 e. The van der Waals surface area contributed by atoms with Crippen molar-refractivity contribution in [1.82, 2.24) is 15.1 Å². The summed E-state index contributed by atoms with van der Waals surface area (Å²) in [6.45, 7) is 0.518. The van der Waals surface area contributed by atoms with Gasteiger partial charge in [0.05, 0.1) is 12.2 Å². The molecule has 0 aliphatic carbocycles. The van der Waals surface area contributed by atoms with Gasteiger partial charge in [0.2, 0.25) is 0 Å². The second-order valence-electron chi connectivity index (χ2n) is 7.64. The van der Waals surface area contributed by atoms with Gasteiger partial charge in [0.15, 0.2) is 0 Å². The van der Waals surface area contributed by atoms with Gasteiger partial charge >= 0.3 is 0 Å². The van der Waals surface area contributed by atoms with E-state index in [4.69, 9.17) is 0 Å². The van der Waals surface area contributed by atoms with Gasteiger partial charge in [0.25, 0.3) is 5.91 Å². The molecule has 3 N–H and O–H groups in total. The number of aromatic amines is 1. The van der Waals surface area contributed by atoms with Gasteiger partial charge in [-0.15, -0.1) is 0 Å². The van der Waals surface area contributed by atoms with E-state index in [-0.39, 0.29) is 11.9 Å². The van der Waals surface area contributed by atoms with Gasteiger partial charge in [-0.1, -0.05) is 60.7 Å². The van der Waals surface area contributed by atoms with Crippen LogP contribution in [0.15, 0.2) is 72.9 Å². The second-order valence-corrected chi connectivity index (χ2v) is 7.64. The molecule has 0 fully saturated rings. The third kappa shape index (κ3) is 3.02. The Balaban J connectivity index is 1.53. The smallest absolute Gasteiger partial charge is 0.272 e. The highest BCUT2D eigenvalue weighted by Crippen LogP contribution is 2.35. The van der Waals surface area contributed by atoms with Crippen molar-refractivity contribution in [3.63, 3.8) is 0 Å². The predicted octanol–water partition coefficient (Wildman–Crippen LogP) is 3.88. The molecular formula is C24H22N4O2. The molecule has 6 heteroatoms. The molecule has 2 heterocycles. The number of hydrogen-bond acceptors (Lipinski definition) is 4. The summed E-state index contributed by atoms with van der Waals surface area (Å²) in [5.41, 5.74) is 3.83. The Morgan fingerprint density at radius 2 is 1.80 bits per heavy atom. The minimum absolute atomic E-state index is 0.0652. The number of aliphatic hydroxyl groups excluding tert-OH is 1. The predicted molar refractivity (Wildman–Crippen MR) is 116 cm³/mol. The highest BCUT2D eigenvalue weighted by atomic mass is 16.3. The zero-order chi connectivity index (χ0) is 20.7. The molecule has 0 bridgehead atoms. The lowest BCUT2D eigenvalue weighted by Gasteiger charge is -2.31. The first-order chi connectivity index (χ1) is 14.6. The van der Waals surface area contributed by atoms with Gasteiger partial charge < -0.3 is 15.3 Å². The number of likely N-dealkylation sites (N-methyl/N-ethyl adjacent to an activating group) is 1. The zero-order valence-corrected chi connectivity index (χ0v) is 16.5. The summed E-state index contributed by atoms with van der Waals surface area (Å²) >= 11 is 0. The molecule has 0 radical (unpaired) electrons. The fourth-order valence-corrected chi connectivity index (χ4v) is 4.21. The number of para-hydroxylation sites is 1. The maximum Gasteiger partial charge on any atom is 0.272 e. The summed E-state index contributed by atoms with van der Waals surface area (Å²) in [5.74, 6) is -0.0652. The van der Waals surface area contributed by atoms with Crippen molar-refractivity contribution >= 4 is 22.4 Å². The van der Waals surface area contributed by atoms with E-state index in [0.29, 0.717) is 12.2 Å². The average Bonchev–Trinajstić information content (AvgIpc) is 3.27. The molecule has 2 unspecified atom stereocenters. The molecule has 150 valence electrons. The number of hydrogen-bond donors (Lipinski definition) is 3. The van der Waals surface area contributed by atoms with Crippen molar-refractivity contribution in [2.75, 3.05) is 18.9 Å². The topological polar surface area (TPSA) is 81.2 Å². The normalized spacial score (nSPS) is 17.1. The lowest BCUT2D eigenvalue weighted by atomic mass is 9.94. The van der Waals surface area contributed by atoms with Crippen molar-refractivity contribution in [2.24, 2.45) is 0 Å². The first kappa shape index (κ1) is 18.4. The minimum atomic E-state index is -0.786. The van der Waals surface area contributed by atoms with Crippen LogP contribution in [0.3, 0.4) is 0 Å². The number of amides is 1. The standard InChI is InChI=1S/C24H22N4O2/c1-28-14-21(19-13-25-27-22(19)24(28)30)26-20-12-5-4-10-18(20)23(29)17-11-6-8-15-7-2-3-9-16(15)17/h2-13,21,23,26,29H,14H2,1H3,(H,25,27). The zero-order valence-electron chi connectivity index (χ0n) is 16.5. The summed E-state index contributed by atoms with van der Waals surface area (Å²) in [4.78, 5) is 14.0. The molecule has 3 aromatic carbocycles. The van der Waals surface area contributed by atoms with Crippen LogP contribution in [0.4, 0.5) is 5.69 Å². The van der Waals surface area contributed by atoms with Crippen molar-refractivity contribution < 1.29 is 9.90 Å². The molecule has 1 aromatic heterocycles. The van der Waals surface area contributed by atoms with Gasteiger partial charge in [-0.3, -0.25) is 9.89 Å². The van der Waals surface area contributed by atoms with Gasteiger partial charge in [-0.2, -0.15) is 5.10 Å². The molecular weight excluding hydrogens is 376 g/mol. The molecule has 1 aliphatic heterocycles. The molecule has 1 aliphatic rings. The van der Waals surface area contributed by atoms with E-state index in [9.17, 15) is 9.90 Å². The Bertz CT molecular complexity index is 1230. The number of nitrogens with one attached hydrogen (secondary N) is 2. The number of H-pyrrole nitrogens is 1. The number of rotatable bonds is 4. The second kappa shape index (κ2) is 7.31. The van der Waals surface area contributed by atoms with E-state index in [1.165, 1.54) is 0 Å². The lowest BCUT2D eigenvalue weighted by Crippen LogP contribution is -2.39. The fraction of sp³-hybridized carbons (Fsp3) is 0.167. The third-order valence-corrected chi connectivity index (χ3v) is 5.76. The highest BCUT2D eigenvalue weighted by Gasteiger charge is 2.31. The van der Waals surface area contributed by atoms with Crippen LogP contribution in [0, 0.1) is 0 Å². The molecule has 1 amide bonds. The van der Waals surface area contributed by atoms with Crippen molar-refractivity contribution in [2.45, 2.75) is 12.1 Å². The molecule has 0 saturated carbocycles. The number of carbonyl (C=O) groups is 1. The van der Waals surface area contributed by atoms with Crippen LogP contribution in [-0.2, 0) is 0 Å². The van der Waals surface area contributed by atoms with Gasteiger partial charge in [-0.25, -0.2) is 0 Å². The summed E-state index contributed by atoms with van der Waals surface area (Å²) in [6, 6.07) is 21.7. The Morgan fingerprint density at radius 3 is 2.70 bits per heavy atom. The molecule has 6 nitrogen and oxygen atoms in total.